The number of hydrazone groups is 1. The highest BCUT2D eigenvalue weighted by Gasteiger charge is 2.14. The van der Waals surface area contributed by atoms with Gasteiger partial charge in [-0.15, -0.1) is 0 Å². The number of nitrogens with zero attached hydrogens (tertiary/aromatic N) is 2. The van der Waals surface area contributed by atoms with Gasteiger partial charge >= 0.3 is 5.69 Å². The van der Waals surface area contributed by atoms with Crippen LogP contribution in [0.3, 0.4) is 0 Å². The summed E-state index contributed by atoms with van der Waals surface area (Å²) in [6.07, 6.45) is 1.55. The zero-order chi connectivity index (χ0) is 16.7. The Hall–Kier alpha value is -3.22. The van der Waals surface area contributed by atoms with E-state index in [4.69, 9.17) is 4.74 Å². The Morgan fingerprint density at radius 1 is 1.30 bits per heavy atom. The molecule has 0 aromatic heterocycles. The number of nitro benzene ring substituents is 1. The number of nitro groups is 1. The van der Waals surface area contributed by atoms with Crippen LogP contribution in [0.1, 0.15) is 11.1 Å². The van der Waals surface area contributed by atoms with Crippen LogP contribution in [0.25, 0.3) is 0 Å². The number of hydrogen-bond acceptors (Lipinski definition) is 5. The molecule has 0 spiro atoms. The molecule has 2 rings (SSSR count). The van der Waals surface area contributed by atoms with Gasteiger partial charge in [0.25, 0.3) is 0 Å². The SMILES string of the molecule is COc1ccc(/C=N/NC(=O)Cc2ccccc2)cc1[N+](=O)[O-]. The summed E-state index contributed by atoms with van der Waals surface area (Å²) in [5, 5.41) is 14.7. The van der Waals surface area contributed by atoms with E-state index in [0.29, 0.717) is 5.56 Å². The van der Waals surface area contributed by atoms with Crippen LogP contribution < -0.4 is 10.2 Å². The Morgan fingerprint density at radius 2 is 2.04 bits per heavy atom. The van der Waals surface area contributed by atoms with Gasteiger partial charge < -0.3 is 4.74 Å². The quantitative estimate of drug-likeness (QED) is 0.503. The van der Waals surface area contributed by atoms with Gasteiger partial charge in [0.15, 0.2) is 5.75 Å². The van der Waals surface area contributed by atoms with Crippen molar-refractivity contribution in [3.05, 3.63) is 69.8 Å². The van der Waals surface area contributed by atoms with Gasteiger partial charge in [0.2, 0.25) is 5.91 Å². The minimum Gasteiger partial charge on any atom is -0.490 e. The third-order valence-electron chi connectivity index (χ3n) is 3.01. The molecule has 2 aromatic carbocycles. The first-order chi connectivity index (χ1) is 11.1. The summed E-state index contributed by atoms with van der Waals surface area (Å²) < 4.78 is 4.91. The van der Waals surface area contributed by atoms with Gasteiger partial charge in [-0.3, -0.25) is 14.9 Å². The predicted octanol–water partition coefficient (Wildman–Crippen LogP) is 2.30. The summed E-state index contributed by atoms with van der Waals surface area (Å²) in [5.74, 6) is -0.101. The van der Waals surface area contributed by atoms with Crippen LogP contribution in [0.2, 0.25) is 0 Å². The van der Waals surface area contributed by atoms with E-state index in [1.807, 2.05) is 30.3 Å². The second kappa shape index (κ2) is 7.69. The molecule has 0 fully saturated rings. The molecule has 0 bridgehead atoms. The summed E-state index contributed by atoms with van der Waals surface area (Å²) in [4.78, 5) is 22.1. The topological polar surface area (TPSA) is 93.8 Å². The summed E-state index contributed by atoms with van der Waals surface area (Å²) >= 11 is 0. The molecule has 7 heteroatoms. The van der Waals surface area contributed by atoms with Crippen molar-refractivity contribution in [2.24, 2.45) is 5.10 Å². The number of carbonyl (C=O) groups is 1. The lowest BCUT2D eigenvalue weighted by Gasteiger charge is -2.02. The molecule has 0 aliphatic carbocycles. The normalized spacial score (nSPS) is 10.5. The van der Waals surface area contributed by atoms with E-state index < -0.39 is 4.92 Å². The minimum absolute atomic E-state index is 0.160. The molecular weight excluding hydrogens is 298 g/mol. The van der Waals surface area contributed by atoms with Crippen molar-refractivity contribution in [3.8, 4) is 5.75 Å². The monoisotopic (exact) mass is 313 g/mol. The molecule has 0 saturated carbocycles. The summed E-state index contributed by atoms with van der Waals surface area (Å²) in [6, 6.07) is 13.7. The fourth-order valence-corrected chi connectivity index (χ4v) is 1.93. The zero-order valence-electron chi connectivity index (χ0n) is 12.4. The van der Waals surface area contributed by atoms with E-state index in [9.17, 15) is 14.9 Å². The van der Waals surface area contributed by atoms with Gasteiger partial charge in [0.05, 0.1) is 24.7 Å². The first-order valence-corrected chi connectivity index (χ1v) is 6.78. The molecule has 1 amide bonds. The van der Waals surface area contributed by atoms with Crippen molar-refractivity contribution in [3.63, 3.8) is 0 Å². The van der Waals surface area contributed by atoms with Gasteiger partial charge in [0, 0.05) is 11.6 Å². The number of benzene rings is 2. The lowest BCUT2D eigenvalue weighted by Crippen LogP contribution is -2.19. The summed E-state index contributed by atoms with van der Waals surface area (Å²) in [6.45, 7) is 0. The van der Waals surface area contributed by atoms with Crippen LogP contribution in [0.4, 0.5) is 5.69 Å². The molecule has 7 nitrogen and oxygen atoms in total. The van der Waals surface area contributed by atoms with Crippen molar-refractivity contribution in [1.29, 1.82) is 0 Å². The maximum absolute atomic E-state index is 11.7. The molecule has 0 unspecified atom stereocenters. The van der Waals surface area contributed by atoms with Crippen molar-refractivity contribution in [1.82, 2.24) is 5.43 Å². The number of amides is 1. The van der Waals surface area contributed by atoms with Crippen molar-refractivity contribution >= 4 is 17.8 Å². The first-order valence-electron chi connectivity index (χ1n) is 6.78. The lowest BCUT2D eigenvalue weighted by molar-refractivity contribution is -0.385. The van der Waals surface area contributed by atoms with Crippen LogP contribution in [0.15, 0.2) is 53.6 Å². The minimum atomic E-state index is -0.538. The van der Waals surface area contributed by atoms with Gasteiger partial charge in [-0.25, -0.2) is 5.43 Å². The number of hydrogen-bond donors (Lipinski definition) is 1. The van der Waals surface area contributed by atoms with Gasteiger partial charge in [0.1, 0.15) is 0 Å². The first kappa shape index (κ1) is 16.2. The van der Waals surface area contributed by atoms with Gasteiger partial charge in [-0.05, 0) is 17.7 Å². The number of nitrogens with one attached hydrogen (secondary N) is 1. The van der Waals surface area contributed by atoms with Crippen molar-refractivity contribution < 1.29 is 14.5 Å². The molecule has 118 valence electrons. The molecule has 0 aliphatic heterocycles. The van der Waals surface area contributed by atoms with Crippen LogP contribution in [0, 0.1) is 10.1 Å². The van der Waals surface area contributed by atoms with Gasteiger partial charge in [-0.2, -0.15) is 5.10 Å². The van der Waals surface area contributed by atoms with E-state index >= 15 is 0 Å². The van der Waals surface area contributed by atoms with Crippen molar-refractivity contribution in [2.75, 3.05) is 7.11 Å². The highest BCUT2D eigenvalue weighted by Crippen LogP contribution is 2.26. The fraction of sp³-hybridized carbons (Fsp3) is 0.125. The highest BCUT2D eigenvalue weighted by atomic mass is 16.6. The molecule has 1 N–H and O–H groups in total. The molecule has 23 heavy (non-hydrogen) atoms. The van der Waals surface area contributed by atoms with Crippen LogP contribution >= 0.6 is 0 Å². The second-order valence-corrected chi connectivity index (χ2v) is 4.64. The molecule has 2 aromatic rings. The molecule has 0 atom stereocenters. The zero-order valence-corrected chi connectivity index (χ0v) is 12.4. The Balaban J connectivity index is 1.99. The standard InChI is InChI=1S/C16H15N3O4/c1-23-15-8-7-13(9-14(15)19(21)22)11-17-18-16(20)10-12-5-3-2-4-6-12/h2-9,11H,10H2,1H3,(H,18,20)/b17-11+. The smallest absolute Gasteiger partial charge is 0.311 e. The number of ether oxygens (including phenoxy) is 1. The predicted molar refractivity (Wildman–Crippen MR) is 85.5 cm³/mol. The largest absolute Gasteiger partial charge is 0.490 e. The van der Waals surface area contributed by atoms with E-state index in [2.05, 4.69) is 10.5 Å². The molecular formula is C16H15N3O4. The highest BCUT2D eigenvalue weighted by molar-refractivity contribution is 5.84. The molecule has 0 heterocycles. The second-order valence-electron chi connectivity index (χ2n) is 4.64. The molecule has 0 aliphatic rings. The fourth-order valence-electron chi connectivity index (χ4n) is 1.93. The summed E-state index contributed by atoms with van der Waals surface area (Å²) in [7, 11) is 1.36. The lowest BCUT2D eigenvalue weighted by atomic mass is 10.1. The third kappa shape index (κ3) is 4.63. The van der Waals surface area contributed by atoms with Crippen molar-refractivity contribution in [2.45, 2.75) is 6.42 Å². The Morgan fingerprint density at radius 3 is 2.70 bits per heavy atom. The van der Waals surface area contributed by atoms with Crippen LogP contribution in [0.5, 0.6) is 5.75 Å². The average molecular weight is 313 g/mol. The number of rotatable bonds is 6. The van der Waals surface area contributed by atoms with E-state index in [1.165, 1.54) is 25.5 Å². The summed E-state index contributed by atoms with van der Waals surface area (Å²) in [5.41, 5.74) is 3.59. The maximum Gasteiger partial charge on any atom is 0.311 e. The average Bonchev–Trinajstić information content (AvgIpc) is 2.55. The van der Waals surface area contributed by atoms with E-state index in [-0.39, 0.29) is 23.8 Å². The number of methoxy groups -OCH3 is 1. The maximum atomic E-state index is 11.7. The third-order valence-corrected chi connectivity index (χ3v) is 3.01. The van der Waals surface area contributed by atoms with Gasteiger partial charge in [-0.1, -0.05) is 30.3 Å². The van der Waals surface area contributed by atoms with E-state index in [1.54, 1.807) is 6.07 Å². The molecule has 0 saturated heterocycles. The molecule has 0 radical (unpaired) electrons. The Bertz CT molecular complexity index is 729. The Labute approximate surface area is 132 Å². The number of carbonyl (C=O) groups excluding carboxylic acids is 1. The van der Waals surface area contributed by atoms with E-state index in [0.717, 1.165) is 5.56 Å². The van der Waals surface area contributed by atoms with Crippen LogP contribution in [-0.4, -0.2) is 24.2 Å². The van der Waals surface area contributed by atoms with Crippen LogP contribution in [-0.2, 0) is 11.2 Å². The Kier molecular flexibility index (Phi) is 5.40.